The van der Waals surface area contributed by atoms with Crippen molar-refractivity contribution in [2.24, 2.45) is 11.8 Å². The maximum absolute atomic E-state index is 13.8. The van der Waals surface area contributed by atoms with E-state index in [1.165, 1.54) is 5.56 Å². The molecule has 6 atom stereocenters. The number of carbonyl (C=O) groups is 3. The number of amides is 3. The minimum absolute atomic E-state index is 0.00383. The van der Waals surface area contributed by atoms with Crippen LogP contribution in [0.25, 0.3) is 0 Å². The van der Waals surface area contributed by atoms with E-state index < -0.39 is 23.8 Å². The number of nitrogens with zero attached hydrogens (tertiary/aromatic N) is 2. The number of alkyl carbamates (subject to hydrolysis) is 1. The summed E-state index contributed by atoms with van der Waals surface area (Å²) >= 11 is 0. The summed E-state index contributed by atoms with van der Waals surface area (Å²) in [6.45, 7) is 15.1. The summed E-state index contributed by atoms with van der Waals surface area (Å²) in [4.78, 5) is 42.8. The Morgan fingerprint density at radius 3 is 2.62 bits per heavy atom. The van der Waals surface area contributed by atoms with Gasteiger partial charge in [0.05, 0.1) is 12.2 Å². The Kier molecular flexibility index (Phi) is 7.57. The second-order valence-electron chi connectivity index (χ2n) is 13.6. The summed E-state index contributed by atoms with van der Waals surface area (Å²) in [5.41, 5.74) is 1.26. The number of fused-ring (bicyclic) bond motifs is 4. The average Bonchev–Trinajstić information content (AvgIpc) is 3.35. The molecule has 1 aromatic carbocycles. The Bertz CT molecular complexity index is 1160. The lowest BCUT2D eigenvalue weighted by molar-refractivity contribution is -0.189. The Morgan fingerprint density at radius 1 is 1.15 bits per heavy atom. The van der Waals surface area contributed by atoms with Gasteiger partial charge in [-0.3, -0.25) is 9.59 Å². The van der Waals surface area contributed by atoms with Crippen molar-refractivity contribution in [3.8, 4) is 5.75 Å². The van der Waals surface area contributed by atoms with Crippen LogP contribution in [0.4, 0.5) is 4.79 Å². The fraction of sp³-hybridized carbons (Fsp3) is 0.710. The molecule has 3 fully saturated rings. The summed E-state index contributed by atoms with van der Waals surface area (Å²) in [5, 5.41) is 2.63. The molecule has 40 heavy (non-hydrogen) atoms. The van der Waals surface area contributed by atoms with E-state index in [4.69, 9.17) is 14.2 Å². The van der Waals surface area contributed by atoms with E-state index in [0.717, 1.165) is 30.6 Å². The first kappa shape index (κ1) is 28.7. The van der Waals surface area contributed by atoms with E-state index in [1.807, 2.05) is 4.90 Å². The fourth-order valence-electron chi connectivity index (χ4n) is 6.90. The Hall–Kier alpha value is -2.81. The van der Waals surface area contributed by atoms with Gasteiger partial charge in [-0.2, -0.15) is 0 Å². The third kappa shape index (κ3) is 5.67. The van der Waals surface area contributed by atoms with Crippen LogP contribution in [0, 0.1) is 18.8 Å². The smallest absolute Gasteiger partial charge is 0.408 e. The maximum atomic E-state index is 13.8. The maximum Gasteiger partial charge on any atom is 0.408 e. The van der Waals surface area contributed by atoms with Crippen LogP contribution in [-0.2, 0) is 19.1 Å². The number of carbonyl (C=O) groups excluding carboxylic acids is 3. The quantitative estimate of drug-likeness (QED) is 0.595. The molecule has 0 saturated carbocycles. The first-order valence-corrected chi connectivity index (χ1v) is 14.8. The monoisotopic (exact) mass is 555 g/mol. The van der Waals surface area contributed by atoms with Gasteiger partial charge in [0.15, 0.2) is 0 Å². The van der Waals surface area contributed by atoms with Gasteiger partial charge in [0.25, 0.3) is 0 Å². The van der Waals surface area contributed by atoms with Gasteiger partial charge in [0.2, 0.25) is 11.8 Å². The first-order chi connectivity index (χ1) is 18.7. The molecule has 3 saturated heterocycles. The summed E-state index contributed by atoms with van der Waals surface area (Å²) in [6, 6.07) is 5.07. The van der Waals surface area contributed by atoms with Crippen LogP contribution in [0.3, 0.4) is 0 Å². The van der Waals surface area contributed by atoms with Crippen molar-refractivity contribution >= 4 is 17.9 Å². The standard InChI is InChI=1S/C31H45N3O6/c1-18-10-11-21-25(15-18)39-31(6,7)22-16-20-17-33(14-12-24(20)38-26(21)22)28(36)23-9-8-13-34(23)27(35)19(2)32-29(37)40-30(3,4)5/h10-11,15,19-20,22-24,26H,8-9,12-14,16-17H2,1-7H3,(H,32,37)/t19-,20+,22-,23-,24-,26+/m0/s1. The zero-order valence-corrected chi connectivity index (χ0v) is 25.0. The van der Waals surface area contributed by atoms with Gasteiger partial charge in [0, 0.05) is 37.0 Å². The Morgan fingerprint density at radius 2 is 1.90 bits per heavy atom. The number of hydrogen-bond donors (Lipinski definition) is 1. The second-order valence-corrected chi connectivity index (χ2v) is 13.6. The lowest BCUT2D eigenvalue weighted by Gasteiger charge is -2.53. The summed E-state index contributed by atoms with van der Waals surface area (Å²) in [6.07, 6.45) is 2.53. The number of hydrogen-bond acceptors (Lipinski definition) is 6. The molecule has 4 heterocycles. The molecule has 0 aromatic heterocycles. The van der Waals surface area contributed by atoms with Crippen molar-refractivity contribution in [1.29, 1.82) is 0 Å². The SMILES string of the molecule is Cc1ccc2c(c1)OC(C)(C)[C@H]1C[C@@H]3CN(C(=O)[C@@H]4CCCN4C(=O)[C@H](C)NC(=O)OC(C)(C)C)CC[C@@H]3O[C@H]21. The first-order valence-electron chi connectivity index (χ1n) is 14.8. The molecule has 0 aliphatic carbocycles. The van der Waals surface area contributed by atoms with Gasteiger partial charge in [0.1, 0.15) is 29.0 Å². The van der Waals surface area contributed by atoms with Crippen molar-refractivity contribution < 1.29 is 28.6 Å². The molecule has 220 valence electrons. The second kappa shape index (κ2) is 10.5. The van der Waals surface area contributed by atoms with Crippen molar-refractivity contribution in [3.63, 3.8) is 0 Å². The molecule has 4 aliphatic heterocycles. The van der Waals surface area contributed by atoms with Gasteiger partial charge in [-0.1, -0.05) is 12.1 Å². The van der Waals surface area contributed by atoms with Crippen LogP contribution in [0.5, 0.6) is 5.75 Å². The largest absolute Gasteiger partial charge is 0.487 e. The number of ether oxygens (including phenoxy) is 3. The lowest BCUT2D eigenvalue weighted by atomic mass is 9.70. The Labute approximate surface area is 237 Å². The van der Waals surface area contributed by atoms with E-state index in [-0.39, 0.29) is 41.5 Å². The van der Waals surface area contributed by atoms with E-state index in [0.29, 0.717) is 26.1 Å². The highest BCUT2D eigenvalue weighted by molar-refractivity contribution is 5.91. The van der Waals surface area contributed by atoms with Crippen LogP contribution in [-0.4, -0.2) is 76.7 Å². The topological polar surface area (TPSA) is 97.4 Å². The van der Waals surface area contributed by atoms with Crippen molar-refractivity contribution in [3.05, 3.63) is 29.3 Å². The molecule has 9 nitrogen and oxygen atoms in total. The van der Waals surface area contributed by atoms with Crippen molar-refractivity contribution in [2.45, 2.75) is 110 Å². The van der Waals surface area contributed by atoms with Gasteiger partial charge in [-0.25, -0.2) is 4.79 Å². The van der Waals surface area contributed by atoms with Gasteiger partial charge in [-0.15, -0.1) is 0 Å². The van der Waals surface area contributed by atoms with E-state index in [1.54, 1.807) is 32.6 Å². The third-order valence-corrected chi connectivity index (χ3v) is 8.89. The molecule has 1 N–H and O–H groups in total. The predicted molar refractivity (Wildman–Crippen MR) is 150 cm³/mol. The number of nitrogens with one attached hydrogen (secondary N) is 1. The lowest BCUT2D eigenvalue weighted by Crippen LogP contribution is -2.58. The third-order valence-electron chi connectivity index (χ3n) is 8.89. The summed E-state index contributed by atoms with van der Waals surface area (Å²) < 4.78 is 18.6. The minimum atomic E-state index is -0.780. The van der Waals surface area contributed by atoms with Crippen LogP contribution in [0.2, 0.25) is 0 Å². The minimum Gasteiger partial charge on any atom is -0.487 e. The zero-order chi connectivity index (χ0) is 29.0. The normalized spacial score (nSPS) is 29.8. The Balaban J connectivity index is 1.24. The van der Waals surface area contributed by atoms with Gasteiger partial charge < -0.3 is 29.3 Å². The van der Waals surface area contributed by atoms with Crippen molar-refractivity contribution in [1.82, 2.24) is 15.1 Å². The summed E-state index contributed by atoms with van der Waals surface area (Å²) in [5.74, 6) is 1.06. The zero-order valence-electron chi connectivity index (χ0n) is 25.0. The van der Waals surface area contributed by atoms with E-state index in [2.05, 4.69) is 44.3 Å². The molecule has 4 aliphatic rings. The number of likely N-dealkylation sites (tertiary alicyclic amines) is 2. The molecule has 5 rings (SSSR count). The number of aryl methyl sites for hydroxylation is 1. The molecule has 1 aromatic rings. The highest BCUT2D eigenvalue weighted by Crippen LogP contribution is 2.53. The van der Waals surface area contributed by atoms with Crippen LogP contribution < -0.4 is 10.1 Å². The number of rotatable bonds is 3. The predicted octanol–water partition coefficient (Wildman–Crippen LogP) is 4.36. The van der Waals surface area contributed by atoms with Gasteiger partial charge in [-0.05, 0) is 85.8 Å². The highest BCUT2D eigenvalue weighted by atomic mass is 16.6. The molecular formula is C31H45N3O6. The molecular weight excluding hydrogens is 510 g/mol. The summed E-state index contributed by atoms with van der Waals surface area (Å²) in [7, 11) is 0. The fourth-order valence-corrected chi connectivity index (χ4v) is 6.90. The molecule has 3 amide bonds. The van der Waals surface area contributed by atoms with E-state index in [9.17, 15) is 14.4 Å². The van der Waals surface area contributed by atoms with Crippen molar-refractivity contribution in [2.75, 3.05) is 19.6 Å². The average molecular weight is 556 g/mol. The molecule has 0 unspecified atom stereocenters. The molecule has 0 bridgehead atoms. The number of piperidine rings is 1. The highest BCUT2D eigenvalue weighted by Gasteiger charge is 2.52. The molecule has 0 spiro atoms. The van der Waals surface area contributed by atoms with Gasteiger partial charge >= 0.3 is 6.09 Å². The molecule has 0 radical (unpaired) electrons. The van der Waals surface area contributed by atoms with Crippen LogP contribution >= 0.6 is 0 Å². The molecule has 9 heteroatoms. The van der Waals surface area contributed by atoms with Crippen LogP contribution in [0.15, 0.2) is 18.2 Å². The van der Waals surface area contributed by atoms with E-state index >= 15 is 0 Å². The number of benzene rings is 1. The van der Waals surface area contributed by atoms with Crippen LogP contribution in [0.1, 0.15) is 84.5 Å².